The minimum Gasteiger partial charge on any atom is -0.358 e. The van der Waals surface area contributed by atoms with Gasteiger partial charge in [-0.1, -0.05) is 149 Å². The Bertz CT molecular complexity index is 1260. The third-order valence-corrected chi connectivity index (χ3v) is 13.0. The van der Waals surface area contributed by atoms with Crippen LogP contribution in [0.5, 0.6) is 0 Å². The van der Waals surface area contributed by atoms with Crippen LogP contribution in [0.1, 0.15) is 87.0 Å². The van der Waals surface area contributed by atoms with Gasteiger partial charge in [-0.25, -0.2) is 0 Å². The molecule has 257 valence electrons. The van der Waals surface area contributed by atoms with Gasteiger partial charge >= 0.3 is 21.7 Å². The van der Waals surface area contributed by atoms with Crippen molar-refractivity contribution in [3.63, 3.8) is 0 Å². The van der Waals surface area contributed by atoms with Crippen molar-refractivity contribution in [2.75, 3.05) is 0 Å². The minimum absolute atomic E-state index is 0. The van der Waals surface area contributed by atoms with E-state index in [4.69, 9.17) is 0 Å². The second-order valence-corrected chi connectivity index (χ2v) is 15.7. The average molecular weight is 833 g/mol. The molecule has 7 aliphatic rings. The Labute approximate surface area is 327 Å². The van der Waals surface area contributed by atoms with E-state index in [0.29, 0.717) is 22.7 Å². The van der Waals surface area contributed by atoms with Gasteiger partial charge in [-0.2, -0.15) is 24.7 Å². The molecular formula is C45H66HfTi-3. The van der Waals surface area contributed by atoms with Gasteiger partial charge in [0.15, 0.2) is 0 Å². The maximum atomic E-state index is 2.63. The largest absolute Gasteiger partial charge is 3.00 e. The number of rotatable bonds is 3. The smallest absolute Gasteiger partial charge is 0.358 e. The standard InChI is InChI=1S/C24H31.C17H23.4CH3.Hf.Ti/c1-17-16-19-8-7-11-22(19)24(4,18(17)2)21-12-14-23(3,15-13-21)20-9-5-6-10-20;1-16(2)11-12-17(3,13-7-4-5-8-13)15-10-6-9-14(15)16;;;;;;/h5-6,9-14,19-20,22H,7-8,15-16H2,1-4H3;4-5,7-9,11-15H,6,10H2,1-3H3;4*1H3;;/q6*-1;;+3. The van der Waals surface area contributed by atoms with E-state index in [1.807, 2.05) is 0 Å². The summed E-state index contributed by atoms with van der Waals surface area (Å²) in [6.07, 6.45) is 43.8. The number of hydrogen-bond donors (Lipinski definition) is 0. The molecule has 7 unspecified atom stereocenters. The molecule has 0 aromatic carbocycles. The van der Waals surface area contributed by atoms with Gasteiger partial charge in [-0.05, 0) is 53.9 Å². The van der Waals surface area contributed by atoms with E-state index < -0.39 is 0 Å². The second kappa shape index (κ2) is 17.6. The Morgan fingerprint density at radius 2 is 1.26 bits per heavy atom. The number of hydrogen-bond acceptors (Lipinski definition) is 0. The Morgan fingerprint density at radius 3 is 1.83 bits per heavy atom. The fourth-order valence-electron chi connectivity index (χ4n) is 9.85. The van der Waals surface area contributed by atoms with E-state index in [9.17, 15) is 0 Å². The maximum Gasteiger partial charge on any atom is 3.00 e. The van der Waals surface area contributed by atoms with Gasteiger partial charge in [0.25, 0.3) is 0 Å². The first-order valence-electron chi connectivity index (χ1n) is 16.6. The van der Waals surface area contributed by atoms with Crippen molar-refractivity contribution in [1.29, 1.82) is 0 Å². The number of fused-ring (bicyclic) bond motifs is 2. The first kappa shape index (κ1) is 46.5. The van der Waals surface area contributed by atoms with Crippen LogP contribution in [0.3, 0.4) is 0 Å². The van der Waals surface area contributed by atoms with Gasteiger partial charge in [0.05, 0.1) is 0 Å². The summed E-state index contributed by atoms with van der Waals surface area (Å²) in [5.74, 6) is 4.33. The second-order valence-electron chi connectivity index (χ2n) is 15.7. The topological polar surface area (TPSA) is 0 Å². The molecule has 7 atom stereocenters. The summed E-state index contributed by atoms with van der Waals surface area (Å²) >= 11 is 0. The van der Waals surface area contributed by atoms with Crippen LogP contribution < -0.4 is 0 Å². The van der Waals surface area contributed by atoms with Gasteiger partial charge in [0.1, 0.15) is 0 Å². The summed E-state index contributed by atoms with van der Waals surface area (Å²) in [5.41, 5.74) is 5.96. The normalized spacial score (nSPS) is 37.0. The van der Waals surface area contributed by atoms with Gasteiger partial charge < -0.3 is 42.5 Å². The molecule has 0 saturated heterocycles. The Kier molecular flexibility index (Phi) is 17.4. The quantitative estimate of drug-likeness (QED) is 0.151. The van der Waals surface area contributed by atoms with Crippen molar-refractivity contribution in [2.24, 2.45) is 57.2 Å². The van der Waals surface area contributed by atoms with Crippen LogP contribution in [0.4, 0.5) is 0 Å². The third-order valence-electron chi connectivity index (χ3n) is 13.0. The molecule has 0 bridgehead atoms. The predicted molar refractivity (Wildman–Crippen MR) is 202 cm³/mol. The summed E-state index contributed by atoms with van der Waals surface area (Å²) in [6, 6.07) is 0. The zero-order chi connectivity index (χ0) is 29.0. The molecule has 0 amide bonds. The van der Waals surface area contributed by atoms with Crippen molar-refractivity contribution in [2.45, 2.75) is 87.0 Å². The van der Waals surface area contributed by atoms with Gasteiger partial charge in [-0.15, -0.1) is 0 Å². The molecule has 0 heterocycles. The van der Waals surface area contributed by atoms with Crippen LogP contribution in [-0.4, -0.2) is 0 Å². The van der Waals surface area contributed by atoms with E-state index in [2.05, 4.69) is 140 Å². The van der Waals surface area contributed by atoms with E-state index in [1.165, 1.54) is 32.1 Å². The van der Waals surface area contributed by atoms with Gasteiger partial charge in [0.2, 0.25) is 0 Å². The summed E-state index contributed by atoms with van der Waals surface area (Å²) in [4.78, 5) is 0. The fourth-order valence-corrected chi connectivity index (χ4v) is 9.85. The van der Waals surface area contributed by atoms with Crippen LogP contribution >= 0.6 is 0 Å². The van der Waals surface area contributed by atoms with Crippen LogP contribution in [0, 0.1) is 99.7 Å². The SMILES string of the molecule is CC1(C)C=CC(C)(C2C=CC=C2)C2CC[CH-]C21.CC1=C(C)C(C)(C2=CCC(C)(C3C=CC=C3)C=C2)C2[CH-]CCC2C1.[CH3-].[CH3-].[CH3-].[CH3-].[Hf].[Ti+3]. The zero-order valence-corrected chi connectivity index (χ0v) is 37.0. The van der Waals surface area contributed by atoms with E-state index >= 15 is 0 Å². The van der Waals surface area contributed by atoms with Crippen LogP contribution in [0.25, 0.3) is 0 Å². The molecule has 2 heteroatoms. The average Bonchev–Trinajstić information content (AvgIpc) is 3.77. The van der Waals surface area contributed by atoms with E-state index in [0.717, 1.165) is 30.1 Å². The molecule has 2 fully saturated rings. The van der Waals surface area contributed by atoms with Crippen molar-refractivity contribution in [3.8, 4) is 0 Å². The molecule has 0 aromatic rings. The molecule has 0 aliphatic heterocycles. The molecule has 0 nitrogen and oxygen atoms in total. The van der Waals surface area contributed by atoms with E-state index in [-0.39, 0.29) is 88.1 Å². The molecule has 1 radical (unpaired) electrons. The maximum absolute atomic E-state index is 2.63. The molecule has 47 heavy (non-hydrogen) atoms. The summed E-state index contributed by atoms with van der Waals surface area (Å²) in [6.45, 7) is 16.9. The Morgan fingerprint density at radius 1 is 0.702 bits per heavy atom. The molecule has 7 aliphatic carbocycles. The van der Waals surface area contributed by atoms with Gasteiger partial charge in [-0.3, -0.25) is 0 Å². The van der Waals surface area contributed by atoms with Crippen LogP contribution in [-0.2, 0) is 47.6 Å². The molecule has 0 N–H and O–H groups in total. The van der Waals surface area contributed by atoms with Crippen molar-refractivity contribution < 1.29 is 47.6 Å². The first-order chi connectivity index (χ1) is 19.5. The summed E-state index contributed by atoms with van der Waals surface area (Å²) in [5, 5.41) is 0. The van der Waals surface area contributed by atoms with Crippen LogP contribution in [0.15, 0.2) is 95.7 Å². The van der Waals surface area contributed by atoms with E-state index in [1.54, 1.807) is 16.7 Å². The molecule has 0 spiro atoms. The fraction of sp³-hybridized carbons (Fsp3) is 0.511. The molecule has 7 rings (SSSR count). The molecule has 2 saturated carbocycles. The monoisotopic (exact) mass is 834 g/mol. The van der Waals surface area contributed by atoms with Crippen molar-refractivity contribution in [3.05, 3.63) is 138 Å². The minimum atomic E-state index is 0. The van der Waals surface area contributed by atoms with Crippen LogP contribution in [0.2, 0.25) is 0 Å². The predicted octanol–water partition coefficient (Wildman–Crippen LogP) is 13.0. The van der Waals surface area contributed by atoms with Crippen molar-refractivity contribution >= 4 is 0 Å². The summed E-state index contributed by atoms with van der Waals surface area (Å²) < 4.78 is 0. The van der Waals surface area contributed by atoms with Crippen molar-refractivity contribution in [1.82, 2.24) is 0 Å². The Hall–Kier alpha value is -0.496. The third kappa shape index (κ3) is 8.20. The first-order valence-corrected chi connectivity index (χ1v) is 16.6. The Balaban J connectivity index is 0.000000831. The van der Waals surface area contributed by atoms with Gasteiger partial charge in [0, 0.05) is 37.7 Å². The molecule has 0 aromatic heterocycles. The molecular weight excluding hydrogens is 767 g/mol. The summed E-state index contributed by atoms with van der Waals surface area (Å²) in [7, 11) is 0. The zero-order valence-electron chi connectivity index (χ0n) is 31.9. The number of allylic oxidation sites excluding steroid dienone is 16.